The van der Waals surface area contributed by atoms with Crippen LogP contribution < -0.4 is 10.6 Å². The first-order chi connectivity index (χ1) is 12.5. The van der Waals surface area contributed by atoms with Crippen LogP contribution in [-0.2, 0) is 25.8 Å². The Hall–Kier alpha value is -2.35. The molecule has 1 unspecified atom stereocenters. The second-order valence-corrected chi connectivity index (χ2v) is 10.4. The molecule has 0 bridgehead atoms. The number of carbonyl (C=O) groups is 2. The third kappa shape index (κ3) is 5.32. The van der Waals surface area contributed by atoms with Crippen LogP contribution in [0.4, 0.5) is 0 Å². The van der Waals surface area contributed by atoms with Crippen LogP contribution in [0.2, 0.25) is 0 Å². The van der Waals surface area contributed by atoms with Crippen molar-refractivity contribution < 1.29 is 18.0 Å². The van der Waals surface area contributed by atoms with Crippen LogP contribution in [0.25, 0.3) is 10.9 Å². The summed E-state index contributed by atoms with van der Waals surface area (Å²) in [4.78, 5) is 27.2. The fourth-order valence-corrected chi connectivity index (χ4v) is 3.70. The quantitative estimate of drug-likeness (QED) is 0.663. The van der Waals surface area contributed by atoms with Gasteiger partial charge in [0.25, 0.3) is 0 Å². The molecule has 1 heterocycles. The van der Waals surface area contributed by atoms with Crippen LogP contribution in [0.15, 0.2) is 30.5 Å². The zero-order chi connectivity index (χ0) is 20.2. The minimum Gasteiger partial charge on any atom is -0.361 e. The predicted molar refractivity (Wildman–Crippen MR) is 106 cm³/mol. The Balaban J connectivity index is 2.07. The van der Waals surface area contributed by atoms with Gasteiger partial charge in [0.05, 0.1) is 10.5 Å². The third-order valence-electron chi connectivity index (χ3n) is 4.40. The summed E-state index contributed by atoms with van der Waals surface area (Å²) in [6, 6.07) is 6.92. The maximum atomic E-state index is 12.5. The normalized spacial score (nSPS) is 13.3. The van der Waals surface area contributed by atoms with Gasteiger partial charge >= 0.3 is 0 Å². The molecule has 0 aliphatic heterocycles. The summed E-state index contributed by atoms with van der Waals surface area (Å²) in [6.07, 6.45) is 2.12. The molecule has 0 radical (unpaired) electrons. The van der Waals surface area contributed by atoms with E-state index in [1.807, 2.05) is 30.5 Å². The first-order valence-electron chi connectivity index (χ1n) is 8.83. The topological polar surface area (TPSA) is 108 Å². The molecule has 27 heavy (non-hydrogen) atoms. The molecule has 148 valence electrons. The molecule has 7 nitrogen and oxygen atoms in total. The van der Waals surface area contributed by atoms with Gasteiger partial charge in [0.15, 0.2) is 9.84 Å². The van der Waals surface area contributed by atoms with Crippen molar-refractivity contribution in [3.05, 3.63) is 36.0 Å². The lowest BCUT2D eigenvalue weighted by atomic mass is 10.0. The zero-order valence-electron chi connectivity index (χ0n) is 16.1. The van der Waals surface area contributed by atoms with E-state index in [4.69, 9.17) is 0 Å². The predicted octanol–water partition coefficient (Wildman–Crippen LogP) is 1.54. The molecule has 1 aromatic heterocycles. The Morgan fingerprint density at radius 1 is 1.19 bits per heavy atom. The molecule has 0 saturated carbocycles. The lowest BCUT2D eigenvalue weighted by Crippen LogP contribution is -2.48. The van der Waals surface area contributed by atoms with Gasteiger partial charge in [-0.1, -0.05) is 18.2 Å². The highest BCUT2D eigenvalue weighted by Crippen LogP contribution is 2.19. The molecule has 0 saturated heterocycles. The summed E-state index contributed by atoms with van der Waals surface area (Å²) in [5, 5.41) is 6.26. The summed E-state index contributed by atoms with van der Waals surface area (Å²) >= 11 is 0. The number of hydrogen-bond acceptors (Lipinski definition) is 4. The lowest BCUT2D eigenvalue weighted by molar-refractivity contribution is -0.127. The van der Waals surface area contributed by atoms with Gasteiger partial charge in [-0.25, -0.2) is 8.42 Å². The largest absolute Gasteiger partial charge is 0.361 e. The molecule has 0 aliphatic carbocycles. The summed E-state index contributed by atoms with van der Waals surface area (Å²) in [7, 11) is -3.33. The second kappa shape index (κ2) is 8.12. The van der Waals surface area contributed by atoms with E-state index in [1.54, 1.807) is 20.8 Å². The highest BCUT2D eigenvalue weighted by Gasteiger charge is 2.29. The Morgan fingerprint density at radius 2 is 1.85 bits per heavy atom. The summed E-state index contributed by atoms with van der Waals surface area (Å²) in [6.45, 7) is 6.23. The second-order valence-electron chi connectivity index (χ2n) is 7.54. The number of H-pyrrole nitrogens is 1. The number of rotatable bonds is 7. The molecule has 2 aromatic rings. The van der Waals surface area contributed by atoms with Gasteiger partial charge in [0.2, 0.25) is 11.8 Å². The van der Waals surface area contributed by atoms with Gasteiger partial charge in [-0.2, -0.15) is 0 Å². The molecule has 2 amide bonds. The van der Waals surface area contributed by atoms with Crippen molar-refractivity contribution in [2.45, 2.75) is 44.9 Å². The van der Waals surface area contributed by atoms with Gasteiger partial charge in [-0.3, -0.25) is 9.59 Å². The first-order valence-corrected chi connectivity index (χ1v) is 10.5. The summed E-state index contributed by atoms with van der Waals surface area (Å²) in [5.74, 6) is -0.876. The number of fused-ring (bicyclic) bond motifs is 1. The zero-order valence-corrected chi connectivity index (χ0v) is 16.9. The first kappa shape index (κ1) is 21.0. The summed E-state index contributed by atoms with van der Waals surface area (Å²) < 4.78 is 23.4. The van der Waals surface area contributed by atoms with Crippen molar-refractivity contribution in [3.8, 4) is 0 Å². The monoisotopic (exact) mass is 393 g/mol. The van der Waals surface area contributed by atoms with Gasteiger partial charge < -0.3 is 15.6 Å². The Kier molecular flexibility index (Phi) is 6.30. The van der Waals surface area contributed by atoms with Crippen molar-refractivity contribution in [1.82, 2.24) is 15.6 Å². The minimum atomic E-state index is -3.33. The molecule has 0 fully saturated rings. The van der Waals surface area contributed by atoms with Crippen LogP contribution in [0.1, 0.15) is 33.3 Å². The average Bonchev–Trinajstić information content (AvgIpc) is 2.96. The van der Waals surface area contributed by atoms with Gasteiger partial charge in [-0.15, -0.1) is 0 Å². The number of aromatic nitrogens is 1. The maximum absolute atomic E-state index is 12.5. The van der Waals surface area contributed by atoms with Crippen molar-refractivity contribution in [2.24, 2.45) is 0 Å². The van der Waals surface area contributed by atoms with Gasteiger partial charge in [0.1, 0.15) is 6.04 Å². The van der Waals surface area contributed by atoms with E-state index in [1.165, 1.54) is 6.92 Å². The van der Waals surface area contributed by atoms with E-state index in [0.717, 1.165) is 16.5 Å². The minimum absolute atomic E-state index is 0.00239. The van der Waals surface area contributed by atoms with Crippen LogP contribution in [0.5, 0.6) is 0 Å². The Bertz CT molecular complexity index is 926. The van der Waals surface area contributed by atoms with E-state index in [0.29, 0.717) is 6.42 Å². The molecule has 2 rings (SSSR count). The van der Waals surface area contributed by atoms with Crippen molar-refractivity contribution in [3.63, 3.8) is 0 Å². The standard InChI is InChI=1S/C19H27N3O4S/c1-13(23)22-17(11-14-12-21-16-8-6-5-7-15(14)16)18(24)20-9-10-27(25,26)19(2,3)4/h5-8,12,17,21H,9-11H2,1-4H3,(H,20,24)(H,22,23). The number of nitrogens with one attached hydrogen (secondary N) is 3. The number of sulfone groups is 1. The number of benzene rings is 1. The molecule has 0 spiro atoms. The molecule has 3 N–H and O–H groups in total. The highest BCUT2D eigenvalue weighted by molar-refractivity contribution is 7.92. The van der Waals surface area contributed by atoms with Crippen molar-refractivity contribution in [2.75, 3.05) is 12.3 Å². The van der Waals surface area contributed by atoms with Crippen molar-refractivity contribution in [1.29, 1.82) is 0 Å². The number of aromatic amines is 1. The van der Waals surface area contributed by atoms with E-state index in [9.17, 15) is 18.0 Å². The van der Waals surface area contributed by atoms with E-state index >= 15 is 0 Å². The van der Waals surface area contributed by atoms with E-state index in [-0.39, 0.29) is 18.2 Å². The Morgan fingerprint density at radius 3 is 2.48 bits per heavy atom. The smallest absolute Gasteiger partial charge is 0.242 e. The molecule has 8 heteroatoms. The van der Waals surface area contributed by atoms with Crippen LogP contribution in [0.3, 0.4) is 0 Å². The number of para-hydroxylation sites is 1. The molecular formula is C19H27N3O4S. The fourth-order valence-electron chi connectivity index (χ4n) is 2.71. The maximum Gasteiger partial charge on any atom is 0.242 e. The molecular weight excluding hydrogens is 366 g/mol. The van der Waals surface area contributed by atoms with E-state index < -0.39 is 26.5 Å². The lowest BCUT2D eigenvalue weighted by Gasteiger charge is -2.21. The highest BCUT2D eigenvalue weighted by atomic mass is 32.2. The van der Waals surface area contributed by atoms with Crippen LogP contribution in [-0.4, -0.2) is 48.3 Å². The van der Waals surface area contributed by atoms with Gasteiger partial charge in [-0.05, 0) is 32.4 Å². The number of hydrogen-bond donors (Lipinski definition) is 3. The van der Waals surface area contributed by atoms with Crippen LogP contribution in [0, 0.1) is 0 Å². The molecule has 0 aliphatic rings. The molecule has 1 aromatic carbocycles. The third-order valence-corrected chi connectivity index (χ3v) is 7.00. The number of carbonyl (C=O) groups excluding carboxylic acids is 2. The average molecular weight is 394 g/mol. The number of amides is 2. The summed E-state index contributed by atoms with van der Waals surface area (Å²) in [5.41, 5.74) is 1.85. The fraction of sp³-hybridized carbons (Fsp3) is 0.474. The van der Waals surface area contributed by atoms with Crippen molar-refractivity contribution >= 4 is 32.6 Å². The SMILES string of the molecule is CC(=O)NC(Cc1c[nH]c2ccccc12)C(=O)NCCS(=O)(=O)C(C)(C)C. The van der Waals surface area contributed by atoms with E-state index in [2.05, 4.69) is 15.6 Å². The Labute approximate surface area is 159 Å². The van der Waals surface area contributed by atoms with Gasteiger partial charge in [0, 0.05) is 37.0 Å². The van der Waals surface area contributed by atoms with Crippen LogP contribution >= 0.6 is 0 Å². The molecule has 1 atom stereocenters.